The quantitative estimate of drug-likeness (QED) is 0.819. The van der Waals surface area contributed by atoms with E-state index in [0.717, 1.165) is 11.4 Å². The Morgan fingerprint density at radius 3 is 2.80 bits per heavy atom. The zero-order chi connectivity index (χ0) is 14.4. The molecule has 1 aromatic carbocycles. The summed E-state index contributed by atoms with van der Waals surface area (Å²) >= 11 is 0. The average Bonchev–Trinajstić information content (AvgIpc) is 2.95. The van der Waals surface area contributed by atoms with E-state index in [4.69, 9.17) is 0 Å². The molecule has 1 aromatic heterocycles. The van der Waals surface area contributed by atoms with Gasteiger partial charge < -0.3 is 10.6 Å². The topological polar surface area (TPSA) is 71.8 Å². The second-order valence-corrected chi connectivity index (χ2v) is 4.46. The number of hydrogen-bond donors (Lipinski definition) is 2. The van der Waals surface area contributed by atoms with Gasteiger partial charge in [-0.3, -0.25) is 4.79 Å². The van der Waals surface area contributed by atoms with Crippen molar-refractivity contribution in [3.05, 3.63) is 42.2 Å². The van der Waals surface area contributed by atoms with Crippen molar-refractivity contribution in [1.82, 2.24) is 25.6 Å². The fourth-order valence-corrected chi connectivity index (χ4v) is 1.74. The summed E-state index contributed by atoms with van der Waals surface area (Å²) in [6.45, 7) is 4.86. The predicted molar refractivity (Wildman–Crippen MR) is 76.3 cm³/mol. The molecule has 1 heterocycles. The summed E-state index contributed by atoms with van der Waals surface area (Å²) in [7, 11) is 0. The number of aromatic nitrogens is 3. The number of nitrogens with zero attached hydrogens (tertiary/aromatic N) is 3. The molecule has 106 valence electrons. The van der Waals surface area contributed by atoms with Crippen molar-refractivity contribution in [2.45, 2.75) is 26.4 Å². The molecule has 0 bridgehead atoms. The van der Waals surface area contributed by atoms with Crippen molar-refractivity contribution in [1.29, 1.82) is 0 Å². The molecule has 2 rings (SSSR count). The lowest BCUT2D eigenvalue weighted by molar-refractivity contribution is -0.122. The van der Waals surface area contributed by atoms with Crippen LogP contribution in [0.5, 0.6) is 0 Å². The summed E-state index contributed by atoms with van der Waals surface area (Å²) in [5.41, 5.74) is 1.71. The monoisotopic (exact) mass is 273 g/mol. The molecule has 0 fully saturated rings. The first kappa shape index (κ1) is 14.2. The fraction of sp³-hybridized carbons (Fsp3) is 0.357. The normalized spacial score (nSPS) is 12.1. The van der Waals surface area contributed by atoms with E-state index in [0.29, 0.717) is 13.1 Å². The van der Waals surface area contributed by atoms with Gasteiger partial charge in [-0.15, -0.1) is 0 Å². The molecule has 0 aliphatic rings. The summed E-state index contributed by atoms with van der Waals surface area (Å²) in [6.07, 6.45) is 1.70. The van der Waals surface area contributed by atoms with Gasteiger partial charge in [0.25, 0.3) is 0 Å². The second-order valence-electron chi connectivity index (χ2n) is 4.46. The number of para-hydroxylation sites is 1. The smallest absolute Gasteiger partial charge is 0.236 e. The summed E-state index contributed by atoms with van der Waals surface area (Å²) < 4.78 is 0. The van der Waals surface area contributed by atoms with Gasteiger partial charge >= 0.3 is 0 Å². The van der Waals surface area contributed by atoms with Crippen LogP contribution in [0.3, 0.4) is 0 Å². The first-order valence-corrected chi connectivity index (χ1v) is 6.68. The Bertz CT molecular complexity index is 552. The molecule has 0 aliphatic carbocycles. The van der Waals surface area contributed by atoms with E-state index in [-0.39, 0.29) is 11.9 Å². The van der Waals surface area contributed by atoms with Crippen LogP contribution < -0.4 is 10.6 Å². The SMILES string of the molecule is CCNC(=O)C(C)NCc1cnn(-c2ccccc2)n1. The molecule has 0 radical (unpaired) electrons. The summed E-state index contributed by atoms with van der Waals surface area (Å²) in [5.74, 6) is -0.0112. The Kier molecular flexibility index (Phi) is 4.84. The molecule has 0 spiro atoms. The van der Waals surface area contributed by atoms with Crippen molar-refractivity contribution in [3.63, 3.8) is 0 Å². The van der Waals surface area contributed by atoms with Crippen LogP contribution in [0.15, 0.2) is 36.5 Å². The lowest BCUT2D eigenvalue weighted by Crippen LogP contribution is -2.41. The minimum Gasteiger partial charge on any atom is -0.355 e. The van der Waals surface area contributed by atoms with Crippen LogP contribution in [-0.2, 0) is 11.3 Å². The van der Waals surface area contributed by atoms with Crippen LogP contribution in [0.4, 0.5) is 0 Å². The third-order valence-corrected chi connectivity index (χ3v) is 2.86. The van der Waals surface area contributed by atoms with Crippen molar-refractivity contribution >= 4 is 5.91 Å². The minimum atomic E-state index is -0.253. The van der Waals surface area contributed by atoms with E-state index < -0.39 is 0 Å². The van der Waals surface area contributed by atoms with Gasteiger partial charge in [-0.1, -0.05) is 18.2 Å². The van der Waals surface area contributed by atoms with E-state index in [1.807, 2.05) is 44.2 Å². The van der Waals surface area contributed by atoms with Gasteiger partial charge in [-0.2, -0.15) is 15.0 Å². The molecule has 1 unspecified atom stereocenters. The number of benzene rings is 1. The van der Waals surface area contributed by atoms with Crippen molar-refractivity contribution in [2.75, 3.05) is 6.54 Å². The van der Waals surface area contributed by atoms with E-state index in [9.17, 15) is 4.79 Å². The van der Waals surface area contributed by atoms with Gasteiger partial charge in [0.05, 0.1) is 23.6 Å². The maximum atomic E-state index is 11.6. The molecule has 0 saturated heterocycles. The summed E-state index contributed by atoms with van der Waals surface area (Å²) in [4.78, 5) is 13.2. The number of amides is 1. The van der Waals surface area contributed by atoms with E-state index in [1.54, 1.807) is 11.0 Å². The number of carbonyl (C=O) groups excluding carboxylic acids is 1. The summed E-state index contributed by atoms with van der Waals surface area (Å²) in [5, 5.41) is 14.5. The number of nitrogens with one attached hydrogen (secondary N) is 2. The molecule has 6 nitrogen and oxygen atoms in total. The van der Waals surface area contributed by atoms with Crippen LogP contribution in [0.2, 0.25) is 0 Å². The van der Waals surface area contributed by atoms with E-state index >= 15 is 0 Å². The van der Waals surface area contributed by atoms with Crippen molar-refractivity contribution in [3.8, 4) is 5.69 Å². The van der Waals surface area contributed by atoms with Crippen LogP contribution in [0.1, 0.15) is 19.5 Å². The highest BCUT2D eigenvalue weighted by atomic mass is 16.2. The highest BCUT2D eigenvalue weighted by Gasteiger charge is 2.11. The molecule has 1 atom stereocenters. The van der Waals surface area contributed by atoms with Gasteiger partial charge in [-0.25, -0.2) is 0 Å². The standard InChI is InChI=1S/C14H19N5O/c1-3-15-14(20)11(2)16-9-12-10-17-19(18-12)13-7-5-4-6-8-13/h4-8,10-11,16H,3,9H2,1-2H3,(H,15,20). The first-order valence-electron chi connectivity index (χ1n) is 6.68. The Hall–Kier alpha value is -2.21. The third kappa shape index (κ3) is 3.64. The molecular weight excluding hydrogens is 254 g/mol. The lowest BCUT2D eigenvalue weighted by atomic mass is 10.3. The Morgan fingerprint density at radius 1 is 1.35 bits per heavy atom. The van der Waals surface area contributed by atoms with Crippen molar-refractivity contribution in [2.24, 2.45) is 0 Å². The molecule has 0 saturated carbocycles. The van der Waals surface area contributed by atoms with Crippen LogP contribution in [-0.4, -0.2) is 33.5 Å². The molecule has 1 amide bonds. The molecule has 2 aromatic rings. The fourth-order valence-electron chi connectivity index (χ4n) is 1.74. The zero-order valence-electron chi connectivity index (χ0n) is 11.7. The third-order valence-electron chi connectivity index (χ3n) is 2.86. The first-order chi connectivity index (χ1) is 9.70. The Balaban J connectivity index is 1.92. The number of hydrogen-bond acceptors (Lipinski definition) is 4. The summed E-state index contributed by atoms with van der Waals surface area (Å²) in [6, 6.07) is 9.45. The molecule has 0 aliphatic heterocycles. The van der Waals surface area contributed by atoms with Crippen LogP contribution >= 0.6 is 0 Å². The second kappa shape index (κ2) is 6.81. The van der Waals surface area contributed by atoms with E-state index in [2.05, 4.69) is 20.8 Å². The average molecular weight is 273 g/mol. The number of rotatable bonds is 6. The van der Waals surface area contributed by atoms with Crippen LogP contribution in [0.25, 0.3) is 5.69 Å². The number of carbonyl (C=O) groups is 1. The molecule has 6 heteroatoms. The lowest BCUT2D eigenvalue weighted by Gasteiger charge is -2.11. The highest BCUT2D eigenvalue weighted by molar-refractivity contribution is 5.81. The van der Waals surface area contributed by atoms with E-state index in [1.165, 1.54) is 0 Å². The van der Waals surface area contributed by atoms with Gasteiger partial charge in [0.1, 0.15) is 0 Å². The molecule has 2 N–H and O–H groups in total. The molecule has 20 heavy (non-hydrogen) atoms. The zero-order valence-corrected chi connectivity index (χ0v) is 11.7. The van der Waals surface area contributed by atoms with Crippen LogP contribution in [0, 0.1) is 0 Å². The van der Waals surface area contributed by atoms with Gasteiger partial charge in [-0.05, 0) is 26.0 Å². The maximum absolute atomic E-state index is 11.6. The largest absolute Gasteiger partial charge is 0.355 e. The highest BCUT2D eigenvalue weighted by Crippen LogP contribution is 2.04. The minimum absolute atomic E-state index is 0.0112. The predicted octanol–water partition coefficient (Wildman–Crippen LogP) is 0.881. The van der Waals surface area contributed by atoms with Gasteiger partial charge in [0.15, 0.2) is 0 Å². The maximum Gasteiger partial charge on any atom is 0.236 e. The van der Waals surface area contributed by atoms with Gasteiger partial charge in [0, 0.05) is 13.1 Å². The number of likely N-dealkylation sites (N-methyl/N-ethyl adjacent to an activating group) is 1. The van der Waals surface area contributed by atoms with Gasteiger partial charge in [0.2, 0.25) is 5.91 Å². The van der Waals surface area contributed by atoms with Crippen molar-refractivity contribution < 1.29 is 4.79 Å². The Labute approximate surface area is 118 Å². The Morgan fingerprint density at radius 2 is 2.10 bits per heavy atom. The molecular formula is C14H19N5O.